The number of benzene rings is 1. The van der Waals surface area contributed by atoms with Crippen LogP contribution in [0.25, 0.3) is 11.0 Å². The molecule has 0 bridgehead atoms. The first kappa shape index (κ1) is 15.5. The fourth-order valence-corrected chi connectivity index (χ4v) is 3.32. The van der Waals surface area contributed by atoms with Crippen LogP contribution < -0.4 is 0 Å². The Balaban J connectivity index is 1.95. The number of carbonyl (C=O) groups is 1. The number of aromatic nitrogens is 2. The number of imidazole rings is 1. The molecule has 1 aromatic carbocycles. The number of fused-ring (bicyclic) bond motifs is 1. The summed E-state index contributed by atoms with van der Waals surface area (Å²) >= 11 is 0. The van der Waals surface area contributed by atoms with Gasteiger partial charge < -0.3 is 9.47 Å². The molecular weight excluding hydrogens is 286 g/mol. The minimum absolute atomic E-state index is 0.0697. The highest BCUT2D eigenvalue weighted by Crippen LogP contribution is 2.33. The van der Waals surface area contributed by atoms with Crippen LogP contribution in [0.4, 0.5) is 0 Å². The monoisotopic (exact) mass is 309 g/mol. The molecule has 0 unspecified atom stereocenters. The largest absolute Gasteiger partial charge is 0.329 e. The number of amides is 1. The SMILES string of the molecule is C/C=C/C=C\C(=O)N1CCC[C@H]1c1nc2ccccc2n1CC. The van der Waals surface area contributed by atoms with E-state index in [2.05, 4.69) is 17.6 Å². The summed E-state index contributed by atoms with van der Waals surface area (Å²) in [7, 11) is 0. The lowest BCUT2D eigenvalue weighted by Gasteiger charge is -2.23. The first-order chi connectivity index (χ1) is 11.3. The molecule has 2 aromatic rings. The van der Waals surface area contributed by atoms with Gasteiger partial charge in [0.2, 0.25) is 5.91 Å². The summed E-state index contributed by atoms with van der Waals surface area (Å²) in [5, 5.41) is 0. The first-order valence-electron chi connectivity index (χ1n) is 8.31. The van der Waals surface area contributed by atoms with E-state index in [1.54, 1.807) is 12.2 Å². The number of hydrogen-bond donors (Lipinski definition) is 0. The van der Waals surface area contributed by atoms with Gasteiger partial charge in [-0.3, -0.25) is 4.79 Å². The molecule has 1 fully saturated rings. The van der Waals surface area contributed by atoms with E-state index in [1.165, 1.54) is 0 Å². The number of carbonyl (C=O) groups excluding carboxylic acids is 1. The van der Waals surface area contributed by atoms with E-state index in [9.17, 15) is 4.79 Å². The molecule has 3 rings (SSSR count). The van der Waals surface area contributed by atoms with Crippen molar-refractivity contribution in [2.24, 2.45) is 0 Å². The number of hydrogen-bond acceptors (Lipinski definition) is 2. The minimum atomic E-state index is 0.0697. The Labute approximate surface area is 137 Å². The van der Waals surface area contributed by atoms with E-state index in [-0.39, 0.29) is 11.9 Å². The van der Waals surface area contributed by atoms with E-state index in [0.717, 1.165) is 42.8 Å². The zero-order valence-corrected chi connectivity index (χ0v) is 13.8. The van der Waals surface area contributed by atoms with Gasteiger partial charge in [0.25, 0.3) is 0 Å². The van der Waals surface area contributed by atoms with Crippen molar-refractivity contribution in [2.45, 2.75) is 39.3 Å². The van der Waals surface area contributed by atoms with Crippen molar-refractivity contribution in [3.8, 4) is 0 Å². The number of likely N-dealkylation sites (tertiary alicyclic amines) is 1. The van der Waals surface area contributed by atoms with Gasteiger partial charge >= 0.3 is 0 Å². The summed E-state index contributed by atoms with van der Waals surface area (Å²) in [6.45, 7) is 5.74. The van der Waals surface area contributed by atoms with Crippen LogP contribution in [0.1, 0.15) is 38.6 Å². The van der Waals surface area contributed by atoms with Gasteiger partial charge in [0.15, 0.2) is 0 Å². The van der Waals surface area contributed by atoms with Crippen LogP contribution in [0.5, 0.6) is 0 Å². The number of allylic oxidation sites excluding steroid dienone is 3. The Hall–Kier alpha value is -2.36. The van der Waals surface area contributed by atoms with Crippen LogP contribution in [0.2, 0.25) is 0 Å². The van der Waals surface area contributed by atoms with E-state index in [1.807, 2.05) is 42.2 Å². The molecule has 0 aliphatic carbocycles. The van der Waals surface area contributed by atoms with Crippen molar-refractivity contribution < 1.29 is 4.79 Å². The molecule has 1 aliphatic heterocycles. The molecule has 1 atom stereocenters. The van der Waals surface area contributed by atoms with Crippen molar-refractivity contribution in [3.63, 3.8) is 0 Å². The molecular formula is C19H23N3O. The second-order valence-corrected chi connectivity index (χ2v) is 5.78. The summed E-state index contributed by atoms with van der Waals surface area (Å²) in [5.41, 5.74) is 2.15. The van der Waals surface area contributed by atoms with E-state index in [4.69, 9.17) is 4.98 Å². The highest BCUT2D eigenvalue weighted by molar-refractivity contribution is 5.88. The maximum atomic E-state index is 12.5. The van der Waals surface area contributed by atoms with E-state index < -0.39 is 0 Å². The molecule has 0 saturated carbocycles. The Morgan fingerprint density at radius 3 is 2.96 bits per heavy atom. The van der Waals surface area contributed by atoms with Gasteiger partial charge in [0.1, 0.15) is 5.82 Å². The van der Waals surface area contributed by atoms with Crippen LogP contribution in [0.15, 0.2) is 48.6 Å². The Kier molecular flexibility index (Phi) is 4.60. The van der Waals surface area contributed by atoms with Crippen LogP contribution >= 0.6 is 0 Å². The third-order valence-electron chi connectivity index (χ3n) is 4.38. The van der Waals surface area contributed by atoms with E-state index >= 15 is 0 Å². The maximum Gasteiger partial charge on any atom is 0.247 e. The van der Waals surface area contributed by atoms with Gasteiger partial charge in [0.05, 0.1) is 17.1 Å². The molecule has 0 spiro atoms. The van der Waals surface area contributed by atoms with Crippen molar-refractivity contribution in [2.75, 3.05) is 6.54 Å². The highest BCUT2D eigenvalue weighted by Gasteiger charge is 2.32. The molecule has 0 radical (unpaired) electrons. The second kappa shape index (κ2) is 6.82. The topological polar surface area (TPSA) is 38.1 Å². The van der Waals surface area contributed by atoms with Gasteiger partial charge in [-0.15, -0.1) is 0 Å². The van der Waals surface area contributed by atoms with Crippen molar-refractivity contribution >= 4 is 16.9 Å². The quantitative estimate of drug-likeness (QED) is 0.635. The smallest absolute Gasteiger partial charge is 0.247 e. The first-order valence-corrected chi connectivity index (χ1v) is 8.31. The van der Waals surface area contributed by atoms with Crippen LogP contribution in [0, 0.1) is 0 Å². The molecule has 4 heteroatoms. The molecule has 2 heterocycles. The Bertz CT molecular complexity index is 757. The lowest BCUT2D eigenvalue weighted by Crippen LogP contribution is -2.30. The highest BCUT2D eigenvalue weighted by atomic mass is 16.2. The lowest BCUT2D eigenvalue weighted by molar-refractivity contribution is -0.127. The van der Waals surface area contributed by atoms with Crippen molar-refractivity contribution in [3.05, 3.63) is 54.4 Å². The van der Waals surface area contributed by atoms with Gasteiger partial charge in [-0.2, -0.15) is 0 Å². The summed E-state index contributed by atoms with van der Waals surface area (Å²) in [4.78, 5) is 19.3. The van der Waals surface area contributed by atoms with Gasteiger partial charge in [-0.25, -0.2) is 4.98 Å². The van der Waals surface area contributed by atoms with Gasteiger partial charge in [0, 0.05) is 19.2 Å². The molecule has 1 aliphatic rings. The summed E-state index contributed by atoms with van der Waals surface area (Å²) in [5.74, 6) is 1.08. The molecule has 1 amide bonds. The number of rotatable bonds is 4. The zero-order chi connectivity index (χ0) is 16.2. The third kappa shape index (κ3) is 2.93. The third-order valence-corrected chi connectivity index (χ3v) is 4.38. The Morgan fingerprint density at radius 1 is 1.35 bits per heavy atom. The zero-order valence-electron chi connectivity index (χ0n) is 13.8. The van der Waals surface area contributed by atoms with Crippen molar-refractivity contribution in [1.82, 2.24) is 14.5 Å². The molecule has 23 heavy (non-hydrogen) atoms. The number of para-hydroxylation sites is 2. The summed E-state index contributed by atoms with van der Waals surface area (Å²) in [6, 6.07) is 8.26. The predicted octanol–water partition coefficient (Wildman–Crippen LogP) is 3.85. The summed E-state index contributed by atoms with van der Waals surface area (Å²) in [6.07, 6.45) is 9.26. The average molecular weight is 309 g/mol. The molecule has 1 saturated heterocycles. The number of aryl methyl sites for hydroxylation is 1. The van der Waals surface area contributed by atoms with Gasteiger partial charge in [-0.1, -0.05) is 30.4 Å². The molecule has 0 N–H and O–H groups in total. The molecule has 120 valence electrons. The normalized spacial score (nSPS) is 18.7. The Morgan fingerprint density at radius 2 is 2.17 bits per heavy atom. The van der Waals surface area contributed by atoms with Crippen molar-refractivity contribution in [1.29, 1.82) is 0 Å². The molecule has 1 aromatic heterocycles. The van der Waals surface area contributed by atoms with Crippen LogP contribution in [-0.4, -0.2) is 26.9 Å². The lowest BCUT2D eigenvalue weighted by atomic mass is 10.2. The molecule has 4 nitrogen and oxygen atoms in total. The number of nitrogens with zero attached hydrogens (tertiary/aromatic N) is 3. The average Bonchev–Trinajstić information content (AvgIpc) is 3.18. The summed E-state index contributed by atoms with van der Waals surface area (Å²) < 4.78 is 2.24. The van der Waals surface area contributed by atoms with E-state index in [0.29, 0.717) is 0 Å². The fourth-order valence-electron chi connectivity index (χ4n) is 3.32. The van der Waals surface area contributed by atoms with Crippen LogP contribution in [-0.2, 0) is 11.3 Å². The maximum absolute atomic E-state index is 12.5. The standard InChI is InChI=1S/C19H23N3O/c1-3-5-6-13-18(23)22-14-9-12-17(22)19-20-15-10-7-8-11-16(15)21(19)4-2/h3,5-8,10-11,13,17H,4,9,12,14H2,1-2H3/b5-3+,13-6-/t17-/m0/s1. The second-order valence-electron chi connectivity index (χ2n) is 5.78. The minimum Gasteiger partial charge on any atom is -0.329 e. The predicted molar refractivity (Wildman–Crippen MR) is 93.0 cm³/mol. The van der Waals surface area contributed by atoms with Gasteiger partial charge in [-0.05, 0) is 38.8 Å². The fraction of sp³-hybridized carbons (Fsp3) is 0.368. The van der Waals surface area contributed by atoms with Crippen LogP contribution in [0.3, 0.4) is 0 Å².